The van der Waals surface area contributed by atoms with E-state index in [4.69, 9.17) is 5.11 Å². The first kappa shape index (κ1) is 16.2. The quantitative estimate of drug-likeness (QED) is 0.886. The van der Waals surface area contributed by atoms with E-state index in [2.05, 4.69) is 5.32 Å². The van der Waals surface area contributed by atoms with Crippen LogP contribution in [-0.2, 0) is 4.79 Å². The van der Waals surface area contributed by atoms with Gasteiger partial charge in [0, 0.05) is 4.88 Å². The molecule has 0 aliphatic heterocycles. The van der Waals surface area contributed by atoms with E-state index in [1.807, 2.05) is 6.92 Å². The molecule has 1 atom stereocenters. The van der Waals surface area contributed by atoms with Crippen molar-refractivity contribution >= 4 is 23.2 Å². The smallest absolute Gasteiger partial charge is 0.326 e. The van der Waals surface area contributed by atoms with Crippen molar-refractivity contribution in [3.63, 3.8) is 0 Å². The van der Waals surface area contributed by atoms with E-state index in [1.54, 1.807) is 25.1 Å². The first-order valence-electron chi connectivity index (χ1n) is 6.82. The molecule has 116 valence electrons. The van der Waals surface area contributed by atoms with E-state index in [1.165, 1.54) is 23.5 Å². The fourth-order valence-corrected chi connectivity index (χ4v) is 3.13. The number of hydrogen-bond acceptors (Lipinski definition) is 3. The van der Waals surface area contributed by atoms with E-state index >= 15 is 0 Å². The van der Waals surface area contributed by atoms with E-state index < -0.39 is 17.9 Å². The van der Waals surface area contributed by atoms with Crippen molar-refractivity contribution in [2.45, 2.75) is 26.3 Å². The van der Waals surface area contributed by atoms with E-state index in [9.17, 15) is 14.0 Å². The van der Waals surface area contributed by atoms with Crippen molar-refractivity contribution < 1.29 is 19.1 Å². The standard InChI is InChI=1S/C16H16FNO3S/c1-3-12(16(20)21)18-15(19)13-8-9(2)14(22-13)10-4-6-11(17)7-5-10/h4-8,12H,3H2,1-2H3,(H,18,19)(H,20,21). The number of carboxylic acids is 1. The third kappa shape index (κ3) is 3.51. The van der Waals surface area contributed by atoms with Gasteiger partial charge in [-0.05, 0) is 42.7 Å². The Balaban J connectivity index is 2.24. The number of amides is 1. The molecule has 1 aromatic heterocycles. The van der Waals surface area contributed by atoms with Crippen LogP contribution in [0, 0.1) is 12.7 Å². The van der Waals surface area contributed by atoms with Crippen LogP contribution in [0.25, 0.3) is 10.4 Å². The zero-order chi connectivity index (χ0) is 16.3. The molecule has 1 amide bonds. The molecule has 1 aromatic carbocycles. The highest BCUT2D eigenvalue weighted by Crippen LogP contribution is 2.32. The maximum Gasteiger partial charge on any atom is 0.326 e. The van der Waals surface area contributed by atoms with Gasteiger partial charge in [-0.15, -0.1) is 11.3 Å². The van der Waals surface area contributed by atoms with Gasteiger partial charge >= 0.3 is 5.97 Å². The molecule has 6 heteroatoms. The molecule has 0 saturated heterocycles. The molecule has 0 fully saturated rings. The second-order valence-corrected chi connectivity index (χ2v) is 5.95. The average Bonchev–Trinajstić information content (AvgIpc) is 2.87. The van der Waals surface area contributed by atoms with Gasteiger partial charge in [0.2, 0.25) is 0 Å². The highest BCUT2D eigenvalue weighted by atomic mass is 32.1. The van der Waals surface area contributed by atoms with Gasteiger partial charge in [-0.25, -0.2) is 9.18 Å². The van der Waals surface area contributed by atoms with Gasteiger partial charge in [0.05, 0.1) is 4.88 Å². The SMILES string of the molecule is CCC(NC(=O)c1cc(C)c(-c2ccc(F)cc2)s1)C(=O)O. The monoisotopic (exact) mass is 321 g/mol. The maximum absolute atomic E-state index is 13.0. The summed E-state index contributed by atoms with van der Waals surface area (Å²) in [6, 6.07) is 6.86. The molecule has 0 saturated carbocycles. The van der Waals surface area contributed by atoms with Gasteiger partial charge < -0.3 is 10.4 Å². The lowest BCUT2D eigenvalue weighted by molar-refractivity contribution is -0.139. The highest BCUT2D eigenvalue weighted by Gasteiger charge is 2.20. The number of carbonyl (C=O) groups excluding carboxylic acids is 1. The Morgan fingerprint density at radius 2 is 1.95 bits per heavy atom. The number of aliphatic carboxylic acids is 1. The van der Waals surface area contributed by atoms with Gasteiger partial charge in [-0.2, -0.15) is 0 Å². The van der Waals surface area contributed by atoms with Crippen LogP contribution in [0.3, 0.4) is 0 Å². The lowest BCUT2D eigenvalue weighted by Gasteiger charge is -2.10. The summed E-state index contributed by atoms with van der Waals surface area (Å²) in [6.07, 6.45) is 0.316. The molecule has 1 heterocycles. The second kappa shape index (κ2) is 6.70. The minimum absolute atomic E-state index is 0.316. The van der Waals surface area contributed by atoms with Gasteiger partial charge in [-0.1, -0.05) is 19.1 Å². The van der Waals surface area contributed by atoms with Gasteiger partial charge in [0.15, 0.2) is 0 Å². The van der Waals surface area contributed by atoms with Crippen LogP contribution in [0.4, 0.5) is 4.39 Å². The Labute approximate surface area is 131 Å². The van der Waals surface area contributed by atoms with E-state index in [-0.39, 0.29) is 5.82 Å². The number of carbonyl (C=O) groups is 2. The van der Waals surface area contributed by atoms with Crippen molar-refractivity contribution in [3.8, 4) is 10.4 Å². The van der Waals surface area contributed by atoms with Crippen LogP contribution in [0.2, 0.25) is 0 Å². The van der Waals surface area contributed by atoms with Crippen molar-refractivity contribution in [1.29, 1.82) is 0 Å². The fourth-order valence-electron chi connectivity index (χ4n) is 2.05. The molecule has 2 N–H and O–H groups in total. The number of thiophene rings is 1. The van der Waals surface area contributed by atoms with Crippen molar-refractivity contribution in [1.82, 2.24) is 5.32 Å². The molecular weight excluding hydrogens is 305 g/mol. The summed E-state index contributed by atoms with van der Waals surface area (Å²) < 4.78 is 13.0. The summed E-state index contributed by atoms with van der Waals surface area (Å²) in [5.74, 6) is -1.78. The van der Waals surface area contributed by atoms with E-state index in [0.29, 0.717) is 11.3 Å². The van der Waals surface area contributed by atoms with Crippen LogP contribution in [-0.4, -0.2) is 23.0 Å². The van der Waals surface area contributed by atoms with Gasteiger partial charge in [0.1, 0.15) is 11.9 Å². The third-order valence-corrected chi connectivity index (χ3v) is 4.54. The van der Waals surface area contributed by atoms with Crippen molar-refractivity contribution in [2.24, 2.45) is 0 Å². The largest absolute Gasteiger partial charge is 0.480 e. The highest BCUT2D eigenvalue weighted by molar-refractivity contribution is 7.17. The molecular formula is C16H16FNO3S. The maximum atomic E-state index is 13.0. The number of rotatable bonds is 5. The van der Waals surface area contributed by atoms with Crippen LogP contribution in [0.5, 0.6) is 0 Å². The Hall–Kier alpha value is -2.21. The predicted molar refractivity (Wildman–Crippen MR) is 83.6 cm³/mol. The number of carboxylic acid groups (broad SMARTS) is 1. The van der Waals surface area contributed by atoms with Crippen LogP contribution >= 0.6 is 11.3 Å². The first-order valence-corrected chi connectivity index (χ1v) is 7.64. The van der Waals surface area contributed by atoms with Crippen molar-refractivity contribution in [3.05, 3.63) is 46.6 Å². The number of hydrogen-bond donors (Lipinski definition) is 2. The topological polar surface area (TPSA) is 66.4 Å². The summed E-state index contributed by atoms with van der Waals surface area (Å²) >= 11 is 1.26. The molecule has 2 rings (SSSR count). The summed E-state index contributed by atoms with van der Waals surface area (Å²) in [5, 5.41) is 11.5. The van der Waals surface area contributed by atoms with Crippen LogP contribution in [0.15, 0.2) is 30.3 Å². The first-order chi connectivity index (χ1) is 10.4. The number of benzene rings is 1. The number of aryl methyl sites for hydroxylation is 1. The van der Waals surface area contributed by atoms with Crippen molar-refractivity contribution in [2.75, 3.05) is 0 Å². The normalized spacial score (nSPS) is 12.0. The Morgan fingerprint density at radius 1 is 1.32 bits per heavy atom. The fraction of sp³-hybridized carbons (Fsp3) is 0.250. The molecule has 2 aromatic rings. The van der Waals surface area contributed by atoms with Gasteiger partial charge in [-0.3, -0.25) is 4.79 Å². The Morgan fingerprint density at radius 3 is 2.50 bits per heavy atom. The molecule has 4 nitrogen and oxygen atoms in total. The minimum atomic E-state index is -1.05. The van der Waals surface area contributed by atoms with Crippen LogP contribution in [0.1, 0.15) is 28.6 Å². The molecule has 22 heavy (non-hydrogen) atoms. The molecule has 0 radical (unpaired) electrons. The number of halogens is 1. The van der Waals surface area contributed by atoms with Crippen LogP contribution < -0.4 is 5.32 Å². The minimum Gasteiger partial charge on any atom is -0.480 e. The molecule has 1 unspecified atom stereocenters. The Bertz CT molecular complexity index is 694. The Kier molecular flexibility index (Phi) is 4.92. The summed E-state index contributed by atoms with van der Waals surface area (Å²) in [5.41, 5.74) is 1.72. The van der Waals surface area contributed by atoms with Gasteiger partial charge in [0.25, 0.3) is 5.91 Å². The summed E-state index contributed by atoms with van der Waals surface area (Å²) in [7, 11) is 0. The predicted octanol–water partition coefficient (Wildman–Crippen LogP) is 3.46. The zero-order valence-corrected chi connectivity index (χ0v) is 13.0. The van der Waals surface area contributed by atoms with E-state index in [0.717, 1.165) is 16.0 Å². The molecule has 0 aliphatic rings. The molecule has 0 aliphatic carbocycles. The third-order valence-electron chi connectivity index (χ3n) is 3.26. The summed E-state index contributed by atoms with van der Waals surface area (Å²) in [4.78, 5) is 24.4. The lowest BCUT2D eigenvalue weighted by Crippen LogP contribution is -2.39. The molecule has 0 spiro atoms. The second-order valence-electron chi connectivity index (χ2n) is 4.90. The summed E-state index contributed by atoms with van der Waals surface area (Å²) in [6.45, 7) is 3.56. The lowest BCUT2D eigenvalue weighted by atomic mass is 10.1. The molecule has 0 bridgehead atoms. The zero-order valence-electron chi connectivity index (χ0n) is 12.2. The number of nitrogens with one attached hydrogen (secondary N) is 1. The average molecular weight is 321 g/mol.